The predicted octanol–water partition coefficient (Wildman–Crippen LogP) is 1.21. The molecule has 2 heterocycles. The van der Waals surface area contributed by atoms with Gasteiger partial charge >= 0.3 is 0 Å². The lowest BCUT2D eigenvalue weighted by Gasteiger charge is -2.06. The normalized spacial score (nSPS) is 11.1. The average Bonchev–Trinajstić information content (AvgIpc) is 2.62. The second-order valence-electron chi connectivity index (χ2n) is 3.45. The molecule has 2 N–H and O–H groups in total. The highest BCUT2D eigenvalue weighted by molar-refractivity contribution is 5.85. The largest absolute Gasteiger partial charge is 0.383 e. The van der Waals surface area contributed by atoms with Crippen LogP contribution in [0.1, 0.15) is 11.1 Å². The number of aliphatic imine (C=N–C) groups is 1. The van der Waals surface area contributed by atoms with Gasteiger partial charge in [0.2, 0.25) is 0 Å². The Morgan fingerprint density at radius 3 is 2.94 bits per heavy atom. The molecule has 0 aliphatic rings. The van der Waals surface area contributed by atoms with E-state index in [9.17, 15) is 0 Å². The van der Waals surface area contributed by atoms with Crippen LogP contribution in [0.3, 0.4) is 0 Å². The Morgan fingerprint density at radius 2 is 2.25 bits per heavy atom. The molecule has 16 heavy (non-hydrogen) atoms. The minimum absolute atomic E-state index is 0.571. The van der Waals surface area contributed by atoms with Gasteiger partial charge in [0.25, 0.3) is 0 Å². The van der Waals surface area contributed by atoms with Crippen LogP contribution in [0.15, 0.2) is 29.6 Å². The third-order valence-electron chi connectivity index (χ3n) is 2.34. The fourth-order valence-corrected chi connectivity index (χ4v) is 1.48. The second-order valence-corrected chi connectivity index (χ2v) is 3.45. The molecule has 2 aromatic heterocycles. The molecule has 2 rings (SSSR count). The quantitative estimate of drug-likeness (QED) is 0.765. The zero-order chi connectivity index (χ0) is 11.5. The highest BCUT2D eigenvalue weighted by Gasteiger charge is 2.08. The maximum atomic E-state index is 5.97. The van der Waals surface area contributed by atoms with E-state index in [2.05, 4.69) is 15.1 Å². The molecule has 0 bridgehead atoms. The van der Waals surface area contributed by atoms with Gasteiger partial charge in [-0.15, -0.1) is 0 Å². The van der Waals surface area contributed by atoms with Gasteiger partial charge in [-0.05, 0) is 18.6 Å². The van der Waals surface area contributed by atoms with E-state index in [-0.39, 0.29) is 0 Å². The fraction of sp³-hybridized carbons (Fsp3) is 0.182. The summed E-state index contributed by atoms with van der Waals surface area (Å²) in [6, 6.07) is 1.92. The van der Waals surface area contributed by atoms with Crippen LogP contribution in [0.25, 0.3) is 5.69 Å². The maximum Gasteiger partial charge on any atom is 0.136 e. The molecule has 0 unspecified atom stereocenters. The first-order chi connectivity index (χ1) is 7.74. The Hall–Kier alpha value is -2.17. The van der Waals surface area contributed by atoms with Crippen LogP contribution in [0.5, 0.6) is 0 Å². The molecule has 0 radical (unpaired) electrons. The van der Waals surface area contributed by atoms with E-state index in [0.29, 0.717) is 5.82 Å². The van der Waals surface area contributed by atoms with Gasteiger partial charge < -0.3 is 5.73 Å². The maximum absolute atomic E-state index is 5.97. The number of pyridine rings is 1. The summed E-state index contributed by atoms with van der Waals surface area (Å²) in [7, 11) is 1.70. The van der Waals surface area contributed by atoms with Crippen LogP contribution in [0, 0.1) is 6.92 Å². The molecule has 0 saturated carbocycles. The van der Waals surface area contributed by atoms with Crippen LogP contribution < -0.4 is 5.73 Å². The SMILES string of the molecule is CN=Cc1cnn(-c2cnccc2C)c1N. The molecule has 0 spiro atoms. The minimum Gasteiger partial charge on any atom is -0.383 e. The Morgan fingerprint density at radius 1 is 1.44 bits per heavy atom. The van der Waals surface area contributed by atoms with Crippen molar-refractivity contribution < 1.29 is 0 Å². The van der Waals surface area contributed by atoms with Crippen molar-refractivity contribution in [2.45, 2.75) is 6.92 Å². The lowest BCUT2D eigenvalue weighted by atomic mass is 10.2. The molecule has 0 fully saturated rings. The summed E-state index contributed by atoms with van der Waals surface area (Å²) >= 11 is 0. The van der Waals surface area contributed by atoms with Crippen molar-refractivity contribution in [1.82, 2.24) is 14.8 Å². The summed E-state index contributed by atoms with van der Waals surface area (Å²) < 4.78 is 1.67. The monoisotopic (exact) mass is 215 g/mol. The minimum atomic E-state index is 0.571. The number of aryl methyl sites for hydroxylation is 1. The average molecular weight is 215 g/mol. The molecule has 2 aromatic rings. The van der Waals surface area contributed by atoms with Crippen molar-refractivity contribution in [2.75, 3.05) is 12.8 Å². The third kappa shape index (κ3) is 1.67. The summed E-state index contributed by atoms with van der Waals surface area (Å²) in [5.41, 5.74) is 8.74. The van der Waals surface area contributed by atoms with Crippen molar-refractivity contribution in [2.24, 2.45) is 4.99 Å². The van der Waals surface area contributed by atoms with Gasteiger partial charge in [-0.1, -0.05) is 0 Å². The summed E-state index contributed by atoms with van der Waals surface area (Å²) in [4.78, 5) is 7.99. The van der Waals surface area contributed by atoms with Crippen LogP contribution in [-0.4, -0.2) is 28.0 Å². The highest BCUT2D eigenvalue weighted by Crippen LogP contribution is 2.17. The first-order valence-electron chi connectivity index (χ1n) is 4.90. The van der Waals surface area contributed by atoms with Gasteiger partial charge in [0.05, 0.1) is 23.6 Å². The summed E-state index contributed by atoms with van der Waals surface area (Å²) in [5.74, 6) is 0.571. The molecule has 0 saturated heterocycles. The van der Waals surface area contributed by atoms with E-state index in [4.69, 9.17) is 5.73 Å². The Bertz CT molecular complexity index is 527. The van der Waals surface area contributed by atoms with Crippen molar-refractivity contribution >= 4 is 12.0 Å². The zero-order valence-electron chi connectivity index (χ0n) is 9.25. The summed E-state index contributed by atoms with van der Waals surface area (Å²) in [6.45, 7) is 1.99. The number of hydrogen-bond donors (Lipinski definition) is 1. The summed E-state index contributed by atoms with van der Waals surface area (Å²) in [5, 5.41) is 4.23. The van der Waals surface area contributed by atoms with E-state index in [1.54, 1.807) is 36.5 Å². The number of nitrogen functional groups attached to an aromatic ring is 1. The first-order valence-corrected chi connectivity index (χ1v) is 4.90. The lowest BCUT2D eigenvalue weighted by Crippen LogP contribution is -2.05. The van der Waals surface area contributed by atoms with E-state index in [0.717, 1.165) is 16.8 Å². The molecule has 82 valence electrons. The van der Waals surface area contributed by atoms with Gasteiger partial charge in [-0.3, -0.25) is 9.98 Å². The van der Waals surface area contributed by atoms with E-state index >= 15 is 0 Å². The Labute approximate surface area is 93.6 Å². The van der Waals surface area contributed by atoms with E-state index in [1.807, 2.05) is 13.0 Å². The van der Waals surface area contributed by atoms with Crippen molar-refractivity contribution in [3.8, 4) is 5.69 Å². The van der Waals surface area contributed by atoms with Crippen LogP contribution in [0.4, 0.5) is 5.82 Å². The number of nitrogens with two attached hydrogens (primary N) is 1. The molecule has 0 aromatic carbocycles. The van der Waals surface area contributed by atoms with Gasteiger partial charge in [0.1, 0.15) is 5.82 Å². The van der Waals surface area contributed by atoms with Crippen LogP contribution >= 0.6 is 0 Å². The molecule has 0 aliphatic heterocycles. The smallest absolute Gasteiger partial charge is 0.136 e. The van der Waals surface area contributed by atoms with Crippen LogP contribution in [-0.2, 0) is 0 Å². The Kier molecular flexibility index (Phi) is 2.68. The molecule has 5 nitrogen and oxygen atoms in total. The standard InChI is InChI=1S/C11H13N5/c1-8-3-4-14-7-10(8)16-11(12)9(5-13-2)6-15-16/h3-7H,12H2,1-2H3. The van der Waals surface area contributed by atoms with Gasteiger partial charge in [0.15, 0.2) is 0 Å². The molecule has 5 heteroatoms. The summed E-state index contributed by atoms with van der Waals surface area (Å²) in [6.07, 6.45) is 6.86. The number of hydrogen-bond acceptors (Lipinski definition) is 4. The van der Waals surface area contributed by atoms with Crippen molar-refractivity contribution in [3.63, 3.8) is 0 Å². The van der Waals surface area contributed by atoms with Gasteiger partial charge in [-0.25, -0.2) is 4.68 Å². The predicted molar refractivity (Wildman–Crippen MR) is 64.0 cm³/mol. The van der Waals surface area contributed by atoms with Crippen LogP contribution in [0.2, 0.25) is 0 Å². The number of aromatic nitrogens is 3. The molecule has 0 aliphatic carbocycles. The Balaban J connectivity index is 2.54. The molecular weight excluding hydrogens is 202 g/mol. The number of nitrogens with zero attached hydrogens (tertiary/aromatic N) is 4. The molecule has 0 atom stereocenters. The highest BCUT2D eigenvalue weighted by atomic mass is 15.3. The fourth-order valence-electron chi connectivity index (χ4n) is 1.48. The first kappa shape index (κ1) is 10.4. The number of anilines is 1. The lowest BCUT2D eigenvalue weighted by molar-refractivity contribution is 0.876. The number of rotatable bonds is 2. The van der Waals surface area contributed by atoms with E-state index < -0.39 is 0 Å². The van der Waals surface area contributed by atoms with Crippen molar-refractivity contribution in [1.29, 1.82) is 0 Å². The zero-order valence-corrected chi connectivity index (χ0v) is 9.25. The molecular formula is C11H13N5. The molecule has 0 amide bonds. The van der Waals surface area contributed by atoms with Crippen molar-refractivity contribution in [3.05, 3.63) is 35.8 Å². The van der Waals surface area contributed by atoms with Gasteiger partial charge in [-0.2, -0.15) is 5.10 Å². The third-order valence-corrected chi connectivity index (χ3v) is 2.34. The van der Waals surface area contributed by atoms with Gasteiger partial charge in [0, 0.05) is 19.5 Å². The second kappa shape index (κ2) is 4.14. The topological polar surface area (TPSA) is 69.1 Å². The van der Waals surface area contributed by atoms with E-state index in [1.165, 1.54) is 0 Å².